The van der Waals surface area contributed by atoms with Crippen molar-refractivity contribution in [3.8, 4) is 0 Å². The molecule has 6 heteroatoms. The highest BCUT2D eigenvalue weighted by Gasteiger charge is 2.13. The largest absolute Gasteiger partial charge is 0.396 e. The number of amides is 1. The van der Waals surface area contributed by atoms with Gasteiger partial charge in [0.15, 0.2) is 0 Å². The Balaban J connectivity index is 1.90. The number of halogens is 1. The summed E-state index contributed by atoms with van der Waals surface area (Å²) in [5, 5.41) is 13.4. The highest BCUT2D eigenvalue weighted by atomic mass is 79.9. The zero-order chi connectivity index (χ0) is 17.4. The number of carbonyl (C=O) groups is 1. The van der Waals surface area contributed by atoms with E-state index in [0.29, 0.717) is 18.5 Å². The van der Waals surface area contributed by atoms with Gasteiger partial charge in [0, 0.05) is 29.7 Å². The van der Waals surface area contributed by atoms with Crippen LogP contribution in [0, 0.1) is 5.92 Å². The lowest BCUT2D eigenvalue weighted by atomic mass is 10.00. The van der Waals surface area contributed by atoms with Gasteiger partial charge in [0.25, 0.3) is 5.91 Å². The molecule has 0 radical (unpaired) electrons. The maximum atomic E-state index is 12.2. The van der Waals surface area contributed by atoms with Crippen LogP contribution in [0.3, 0.4) is 0 Å². The summed E-state index contributed by atoms with van der Waals surface area (Å²) in [5.41, 5.74) is 1.65. The first-order valence-electron chi connectivity index (χ1n) is 7.85. The SMILES string of the molecule is CCSc1ccc(C(=O)NC[C@@H](CO)Cc2ccccc2Br)cn1. The molecule has 0 aliphatic heterocycles. The molecule has 2 aromatic rings. The minimum Gasteiger partial charge on any atom is -0.396 e. The van der Waals surface area contributed by atoms with Crippen LogP contribution in [0.4, 0.5) is 0 Å². The molecule has 1 atom stereocenters. The second-order valence-electron chi connectivity index (χ2n) is 5.37. The van der Waals surface area contributed by atoms with Gasteiger partial charge in [-0.1, -0.05) is 41.1 Å². The Morgan fingerprint density at radius 3 is 2.75 bits per heavy atom. The molecule has 1 amide bonds. The number of aliphatic hydroxyl groups is 1. The molecule has 1 heterocycles. The molecule has 2 rings (SSSR count). The average Bonchev–Trinajstić information content (AvgIpc) is 2.61. The fourth-order valence-corrected chi connectivity index (χ4v) is 3.30. The van der Waals surface area contributed by atoms with Crippen LogP contribution in [-0.4, -0.2) is 34.9 Å². The predicted molar refractivity (Wildman–Crippen MR) is 101 cm³/mol. The van der Waals surface area contributed by atoms with E-state index in [9.17, 15) is 9.90 Å². The highest BCUT2D eigenvalue weighted by molar-refractivity contribution is 9.10. The van der Waals surface area contributed by atoms with E-state index in [2.05, 4.69) is 33.2 Å². The molecule has 128 valence electrons. The Labute approximate surface area is 155 Å². The number of hydrogen-bond donors (Lipinski definition) is 2. The molecule has 24 heavy (non-hydrogen) atoms. The lowest BCUT2D eigenvalue weighted by molar-refractivity contribution is 0.0939. The van der Waals surface area contributed by atoms with E-state index in [-0.39, 0.29) is 18.4 Å². The molecule has 4 nitrogen and oxygen atoms in total. The molecule has 1 aromatic carbocycles. The summed E-state index contributed by atoms with van der Waals surface area (Å²) >= 11 is 5.15. The van der Waals surface area contributed by atoms with Gasteiger partial charge in [-0.15, -0.1) is 11.8 Å². The minimum atomic E-state index is -0.166. The van der Waals surface area contributed by atoms with E-state index in [0.717, 1.165) is 20.8 Å². The number of carbonyl (C=O) groups excluding carboxylic acids is 1. The van der Waals surface area contributed by atoms with E-state index in [1.54, 1.807) is 24.0 Å². The molecule has 1 aromatic heterocycles. The Hall–Kier alpha value is -1.37. The molecular weight excluding hydrogens is 388 g/mol. The van der Waals surface area contributed by atoms with Crippen LogP contribution in [-0.2, 0) is 6.42 Å². The first-order valence-corrected chi connectivity index (χ1v) is 9.63. The molecule has 0 aliphatic rings. The van der Waals surface area contributed by atoms with E-state index in [4.69, 9.17) is 0 Å². The van der Waals surface area contributed by atoms with Crippen LogP contribution < -0.4 is 5.32 Å². The number of rotatable bonds is 8. The van der Waals surface area contributed by atoms with Gasteiger partial charge in [0.1, 0.15) is 0 Å². The maximum absolute atomic E-state index is 12.2. The normalized spacial score (nSPS) is 12.0. The summed E-state index contributed by atoms with van der Waals surface area (Å²) in [7, 11) is 0. The number of nitrogens with zero attached hydrogens (tertiary/aromatic N) is 1. The zero-order valence-corrected chi connectivity index (χ0v) is 15.9. The van der Waals surface area contributed by atoms with Crippen molar-refractivity contribution >= 4 is 33.6 Å². The van der Waals surface area contributed by atoms with Gasteiger partial charge >= 0.3 is 0 Å². The number of benzene rings is 1. The first kappa shape index (κ1) is 19.0. The van der Waals surface area contributed by atoms with Gasteiger partial charge in [-0.3, -0.25) is 4.79 Å². The lowest BCUT2D eigenvalue weighted by Gasteiger charge is -2.16. The summed E-state index contributed by atoms with van der Waals surface area (Å²) in [6.45, 7) is 2.50. The number of hydrogen-bond acceptors (Lipinski definition) is 4. The van der Waals surface area contributed by atoms with Crippen molar-refractivity contribution < 1.29 is 9.90 Å². The lowest BCUT2D eigenvalue weighted by Crippen LogP contribution is -2.32. The standard InChI is InChI=1S/C18H21BrN2O2S/c1-2-24-17-8-7-15(11-20-17)18(23)21-10-13(12-22)9-14-5-3-4-6-16(14)19/h3-8,11,13,22H,2,9-10,12H2,1H3,(H,21,23)/t13-/m0/s1. The Kier molecular flexibility index (Phi) is 7.75. The smallest absolute Gasteiger partial charge is 0.252 e. The molecule has 0 spiro atoms. The third kappa shape index (κ3) is 5.61. The van der Waals surface area contributed by atoms with E-state index in [1.165, 1.54) is 0 Å². The Morgan fingerprint density at radius 1 is 1.33 bits per heavy atom. The van der Waals surface area contributed by atoms with Gasteiger partial charge in [0.2, 0.25) is 0 Å². The van der Waals surface area contributed by atoms with E-state index < -0.39 is 0 Å². The predicted octanol–water partition coefficient (Wildman–Crippen LogP) is 3.54. The topological polar surface area (TPSA) is 62.2 Å². The molecule has 0 unspecified atom stereocenters. The average molecular weight is 409 g/mol. The Bertz CT molecular complexity index is 664. The minimum absolute atomic E-state index is 0.0198. The van der Waals surface area contributed by atoms with Crippen molar-refractivity contribution in [2.75, 3.05) is 18.9 Å². The van der Waals surface area contributed by atoms with Gasteiger partial charge in [-0.25, -0.2) is 4.98 Å². The second kappa shape index (κ2) is 9.81. The van der Waals surface area contributed by atoms with Crippen molar-refractivity contribution in [1.82, 2.24) is 10.3 Å². The Morgan fingerprint density at radius 2 is 2.12 bits per heavy atom. The maximum Gasteiger partial charge on any atom is 0.252 e. The molecule has 0 aliphatic carbocycles. The van der Waals surface area contributed by atoms with Crippen molar-refractivity contribution in [2.45, 2.75) is 18.4 Å². The zero-order valence-electron chi connectivity index (χ0n) is 13.5. The van der Waals surface area contributed by atoms with Crippen molar-refractivity contribution in [3.63, 3.8) is 0 Å². The van der Waals surface area contributed by atoms with Crippen LogP contribution in [0.1, 0.15) is 22.8 Å². The van der Waals surface area contributed by atoms with Crippen molar-refractivity contribution in [1.29, 1.82) is 0 Å². The summed E-state index contributed by atoms with van der Waals surface area (Å²) in [6, 6.07) is 11.5. The highest BCUT2D eigenvalue weighted by Crippen LogP contribution is 2.19. The van der Waals surface area contributed by atoms with Gasteiger partial charge in [-0.2, -0.15) is 0 Å². The fourth-order valence-electron chi connectivity index (χ4n) is 2.26. The number of pyridine rings is 1. The number of nitrogens with one attached hydrogen (secondary N) is 1. The van der Waals surface area contributed by atoms with Crippen LogP contribution in [0.2, 0.25) is 0 Å². The second-order valence-corrected chi connectivity index (χ2v) is 7.51. The van der Waals surface area contributed by atoms with Crippen molar-refractivity contribution in [3.05, 3.63) is 58.2 Å². The van der Waals surface area contributed by atoms with Gasteiger partial charge < -0.3 is 10.4 Å². The third-order valence-electron chi connectivity index (χ3n) is 3.57. The number of aliphatic hydroxyl groups excluding tert-OH is 1. The molecule has 2 N–H and O–H groups in total. The van der Waals surface area contributed by atoms with E-state index in [1.807, 2.05) is 30.3 Å². The number of aromatic nitrogens is 1. The number of thioether (sulfide) groups is 1. The fraction of sp³-hybridized carbons (Fsp3) is 0.333. The van der Waals surface area contributed by atoms with Crippen LogP contribution in [0.5, 0.6) is 0 Å². The molecular formula is C18H21BrN2O2S. The van der Waals surface area contributed by atoms with Gasteiger partial charge in [-0.05, 0) is 35.9 Å². The first-order chi connectivity index (χ1) is 11.6. The monoisotopic (exact) mass is 408 g/mol. The molecule has 0 bridgehead atoms. The summed E-state index contributed by atoms with van der Waals surface area (Å²) < 4.78 is 1.02. The molecule has 0 fully saturated rings. The van der Waals surface area contributed by atoms with Crippen molar-refractivity contribution in [2.24, 2.45) is 5.92 Å². The summed E-state index contributed by atoms with van der Waals surface area (Å²) in [6.07, 6.45) is 2.29. The quantitative estimate of drug-likeness (QED) is 0.655. The molecule has 0 saturated heterocycles. The van der Waals surface area contributed by atoms with Crippen LogP contribution in [0.15, 0.2) is 52.1 Å². The summed E-state index contributed by atoms with van der Waals surface area (Å²) in [4.78, 5) is 16.5. The van der Waals surface area contributed by atoms with Gasteiger partial charge in [0.05, 0.1) is 10.6 Å². The molecule has 0 saturated carbocycles. The van der Waals surface area contributed by atoms with Crippen LogP contribution >= 0.6 is 27.7 Å². The third-order valence-corrected chi connectivity index (χ3v) is 5.17. The van der Waals surface area contributed by atoms with Crippen LogP contribution in [0.25, 0.3) is 0 Å². The van der Waals surface area contributed by atoms with E-state index >= 15 is 0 Å². The summed E-state index contributed by atoms with van der Waals surface area (Å²) in [5.74, 6) is 0.753.